The molecule has 4 aromatic heterocycles. The van der Waals surface area contributed by atoms with Crippen molar-refractivity contribution in [2.45, 2.75) is 13.5 Å². The first-order valence-corrected chi connectivity index (χ1v) is 9.61. The summed E-state index contributed by atoms with van der Waals surface area (Å²) in [5, 5.41) is 7.39. The van der Waals surface area contributed by atoms with Gasteiger partial charge in [-0.2, -0.15) is 5.10 Å². The van der Waals surface area contributed by atoms with Gasteiger partial charge in [0, 0.05) is 28.7 Å². The molecular formula is C23H19FN6. The van der Waals surface area contributed by atoms with E-state index in [1.54, 1.807) is 22.7 Å². The second kappa shape index (κ2) is 7.44. The third kappa shape index (κ3) is 3.41. The van der Waals surface area contributed by atoms with Gasteiger partial charge in [-0.3, -0.25) is 4.98 Å². The van der Waals surface area contributed by atoms with Gasteiger partial charge >= 0.3 is 0 Å². The molecule has 0 bridgehead atoms. The van der Waals surface area contributed by atoms with Crippen molar-refractivity contribution in [3.8, 4) is 22.5 Å². The van der Waals surface area contributed by atoms with Crippen LogP contribution in [0, 0.1) is 12.7 Å². The van der Waals surface area contributed by atoms with Crippen molar-refractivity contribution in [2.24, 2.45) is 0 Å². The summed E-state index contributed by atoms with van der Waals surface area (Å²) in [4.78, 5) is 12.4. The number of anilines is 1. The first-order chi connectivity index (χ1) is 14.7. The molecule has 0 atom stereocenters. The summed E-state index contributed by atoms with van der Waals surface area (Å²) in [6, 6.07) is 18.6. The summed E-state index contributed by atoms with van der Waals surface area (Å²) in [6.07, 6.45) is 3.47. The molecule has 0 radical (unpaired) electrons. The summed E-state index contributed by atoms with van der Waals surface area (Å²) < 4.78 is 15.7. The van der Waals surface area contributed by atoms with Crippen molar-refractivity contribution in [2.75, 3.05) is 5.32 Å². The molecule has 0 spiro atoms. The summed E-state index contributed by atoms with van der Waals surface area (Å²) in [7, 11) is 0. The fourth-order valence-corrected chi connectivity index (χ4v) is 3.49. The van der Waals surface area contributed by atoms with Crippen LogP contribution in [-0.2, 0) is 6.54 Å². The van der Waals surface area contributed by atoms with Crippen LogP contribution in [0.2, 0.25) is 0 Å². The van der Waals surface area contributed by atoms with E-state index in [-0.39, 0.29) is 5.82 Å². The minimum atomic E-state index is -0.276. The Morgan fingerprint density at radius 3 is 2.83 bits per heavy atom. The molecule has 0 saturated carbocycles. The lowest BCUT2D eigenvalue weighted by Crippen LogP contribution is -2.01. The van der Waals surface area contributed by atoms with Gasteiger partial charge in [0.25, 0.3) is 0 Å². The Bertz CT molecular complexity index is 1340. The second-order valence-electron chi connectivity index (χ2n) is 7.06. The molecule has 5 aromatic rings. The molecule has 4 heterocycles. The summed E-state index contributed by atoms with van der Waals surface area (Å²) in [5.41, 5.74) is 6.84. The molecule has 0 saturated heterocycles. The van der Waals surface area contributed by atoms with Crippen molar-refractivity contribution < 1.29 is 4.39 Å². The van der Waals surface area contributed by atoms with Crippen LogP contribution in [-0.4, -0.2) is 24.6 Å². The standard InChI is InChI=1S/C23H19FN6/c1-15-5-4-8-21(28-15)23-18(16-9-10-22-26-14-27-30(22)13-16)11-17(29-23)12-25-20-7-3-2-6-19(20)24/h2-11,13-14,25,29H,12H2,1H3. The number of hydrogen-bond donors (Lipinski definition) is 2. The highest BCUT2D eigenvalue weighted by molar-refractivity contribution is 5.80. The number of para-hydroxylation sites is 1. The Hall–Kier alpha value is -4.00. The molecule has 5 rings (SSSR count). The molecule has 148 valence electrons. The Kier molecular flexibility index (Phi) is 4.48. The molecule has 30 heavy (non-hydrogen) atoms. The van der Waals surface area contributed by atoms with Crippen molar-refractivity contribution in [3.63, 3.8) is 0 Å². The van der Waals surface area contributed by atoms with Crippen LogP contribution in [0.3, 0.4) is 0 Å². The van der Waals surface area contributed by atoms with E-state index in [9.17, 15) is 4.39 Å². The highest BCUT2D eigenvalue weighted by atomic mass is 19.1. The third-order valence-corrected chi connectivity index (χ3v) is 4.95. The van der Waals surface area contributed by atoms with Gasteiger partial charge in [0.05, 0.1) is 23.6 Å². The molecule has 6 nitrogen and oxygen atoms in total. The zero-order valence-corrected chi connectivity index (χ0v) is 16.3. The minimum Gasteiger partial charge on any atom is -0.377 e. The maximum Gasteiger partial charge on any atom is 0.155 e. The largest absolute Gasteiger partial charge is 0.377 e. The van der Waals surface area contributed by atoms with Crippen molar-refractivity contribution >= 4 is 11.3 Å². The van der Waals surface area contributed by atoms with E-state index in [2.05, 4.69) is 31.4 Å². The van der Waals surface area contributed by atoms with Gasteiger partial charge in [-0.05, 0) is 49.4 Å². The van der Waals surface area contributed by atoms with Crippen LogP contribution in [0.15, 0.2) is 73.2 Å². The molecule has 0 aliphatic carbocycles. The fraction of sp³-hybridized carbons (Fsp3) is 0.0870. The zero-order valence-electron chi connectivity index (χ0n) is 16.3. The van der Waals surface area contributed by atoms with Crippen LogP contribution in [0.5, 0.6) is 0 Å². The van der Waals surface area contributed by atoms with Crippen LogP contribution in [0.25, 0.3) is 28.2 Å². The number of hydrogen-bond acceptors (Lipinski definition) is 4. The van der Waals surface area contributed by atoms with Gasteiger partial charge in [-0.15, -0.1) is 0 Å². The number of rotatable bonds is 5. The van der Waals surface area contributed by atoms with Gasteiger partial charge < -0.3 is 10.3 Å². The lowest BCUT2D eigenvalue weighted by Gasteiger charge is -2.06. The van der Waals surface area contributed by atoms with E-state index in [1.807, 2.05) is 43.5 Å². The Balaban J connectivity index is 1.56. The number of aryl methyl sites for hydroxylation is 1. The number of nitrogens with zero attached hydrogens (tertiary/aromatic N) is 4. The van der Waals surface area contributed by atoms with Gasteiger partial charge in [0.1, 0.15) is 12.1 Å². The highest BCUT2D eigenvalue weighted by Gasteiger charge is 2.15. The SMILES string of the molecule is Cc1cccc(-c2[nH]c(CNc3ccccc3F)cc2-c2ccc3ncnn3c2)n1. The lowest BCUT2D eigenvalue weighted by atomic mass is 10.1. The normalized spacial score (nSPS) is 11.1. The second-order valence-corrected chi connectivity index (χ2v) is 7.06. The summed E-state index contributed by atoms with van der Waals surface area (Å²) >= 11 is 0. The van der Waals surface area contributed by atoms with Gasteiger partial charge in [0.2, 0.25) is 0 Å². The molecule has 0 unspecified atom stereocenters. The van der Waals surface area contributed by atoms with Gasteiger partial charge in [-0.25, -0.2) is 13.9 Å². The first kappa shape index (κ1) is 18.1. The summed E-state index contributed by atoms with van der Waals surface area (Å²) in [6.45, 7) is 2.42. The van der Waals surface area contributed by atoms with Gasteiger partial charge in [-0.1, -0.05) is 18.2 Å². The Morgan fingerprint density at radius 2 is 1.97 bits per heavy atom. The topological polar surface area (TPSA) is 70.9 Å². The first-order valence-electron chi connectivity index (χ1n) is 9.61. The van der Waals surface area contributed by atoms with E-state index in [1.165, 1.54) is 12.4 Å². The smallest absolute Gasteiger partial charge is 0.155 e. The average Bonchev–Trinajstić information content (AvgIpc) is 3.39. The maximum atomic E-state index is 14.0. The summed E-state index contributed by atoms with van der Waals surface area (Å²) in [5.74, 6) is -0.276. The van der Waals surface area contributed by atoms with E-state index >= 15 is 0 Å². The van der Waals surface area contributed by atoms with E-state index in [0.717, 1.165) is 39.5 Å². The number of H-pyrrole nitrogens is 1. The molecular weight excluding hydrogens is 379 g/mol. The number of aromatic nitrogens is 5. The van der Waals surface area contributed by atoms with Crippen LogP contribution >= 0.6 is 0 Å². The lowest BCUT2D eigenvalue weighted by molar-refractivity contribution is 0.630. The molecule has 0 fully saturated rings. The zero-order chi connectivity index (χ0) is 20.5. The Morgan fingerprint density at radius 1 is 1.07 bits per heavy atom. The van der Waals surface area contributed by atoms with Crippen molar-refractivity contribution in [3.05, 3.63) is 90.4 Å². The average molecular weight is 398 g/mol. The predicted octanol–water partition coefficient (Wildman–Crippen LogP) is 4.85. The number of aromatic amines is 1. The maximum absolute atomic E-state index is 14.0. The van der Waals surface area contributed by atoms with Crippen LogP contribution < -0.4 is 5.32 Å². The van der Waals surface area contributed by atoms with E-state index in [4.69, 9.17) is 0 Å². The quantitative estimate of drug-likeness (QED) is 0.444. The molecule has 0 aliphatic heterocycles. The molecule has 2 N–H and O–H groups in total. The highest BCUT2D eigenvalue weighted by Crippen LogP contribution is 2.32. The Labute approximate surface area is 172 Å². The van der Waals surface area contributed by atoms with E-state index in [0.29, 0.717) is 12.2 Å². The van der Waals surface area contributed by atoms with E-state index < -0.39 is 0 Å². The predicted molar refractivity (Wildman–Crippen MR) is 114 cm³/mol. The molecule has 1 aromatic carbocycles. The van der Waals surface area contributed by atoms with Crippen molar-refractivity contribution in [1.29, 1.82) is 0 Å². The monoisotopic (exact) mass is 398 g/mol. The fourth-order valence-electron chi connectivity index (χ4n) is 3.49. The van der Waals surface area contributed by atoms with Crippen molar-refractivity contribution in [1.82, 2.24) is 24.6 Å². The molecule has 0 amide bonds. The minimum absolute atomic E-state index is 0.276. The molecule has 0 aliphatic rings. The number of nitrogens with one attached hydrogen (secondary N) is 2. The third-order valence-electron chi connectivity index (χ3n) is 4.95. The number of benzene rings is 1. The molecule has 7 heteroatoms. The number of fused-ring (bicyclic) bond motifs is 1. The van der Waals surface area contributed by atoms with Gasteiger partial charge in [0.15, 0.2) is 5.65 Å². The van der Waals surface area contributed by atoms with Crippen LogP contribution in [0.1, 0.15) is 11.4 Å². The number of pyridine rings is 2. The number of halogens is 1. The van der Waals surface area contributed by atoms with Crippen LogP contribution in [0.4, 0.5) is 10.1 Å².